The van der Waals surface area contributed by atoms with Crippen molar-refractivity contribution >= 4 is 28.9 Å². The molecule has 0 radical (unpaired) electrons. The highest BCUT2D eigenvalue weighted by molar-refractivity contribution is 6.30. The largest absolute Gasteiger partial charge is 0.481 e. The second-order valence-corrected chi connectivity index (χ2v) is 6.72. The molecule has 1 N–H and O–H groups in total. The molecule has 2 rings (SSSR count). The SMILES string of the molecule is Cc1cc(Cl)ccc1OC(C)C(=O)Nc1ccc(N(C)C)cc1C(F)(F)F. The van der Waals surface area contributed by atoms with Crippen LogP contribution in [0.15, 0.2) is 36.4 Å². The van der Waals surface area contributed by atoms with Crippen LogP contribution in [0.4, 0.5) is 24.5 Å². The van der Waals surface area contributed by atoms with Crippen LogP contribution in [0, 0.1) is 6.92 Å². The molecule has 4 nitrogen and oxygen atoms in total. The molecule has 1 unspecified atom stereocenters. The van der Waals surface area contributed by atoms with E-state index in [9.17, 15) is 18.0 Å². The first-order chi connectivity index (χ1) is 12.5. The van der Waals surface area contributed by atoms with E-state index in [2.05, 4.69) is 5.32 Å². The molecule has 0 aliphatic rings. The Morgan fingerprint density at radius 2 is 1.85 bits per heavy atom. The highest BCUT2D eigenvalue weighted by atomic mass is 35.5. The highest BCUT2D eigenvalue weighted by Gasteiger charge is 2.35. The third kappa shape index (κ3) is 5.29. The van der Waals surface area contributed by atoms with Crippen molar-refractivity contribution in [3.05, 3.63) is 52.5 Å². The first kappa shape index (κ1) is 20.9. The Bertz CT molecular complexity index is 838. The van der Waals surface area contributed by atoms with Gasteiger partial charge in [0.25, 0.3) is 5.91 Å². The van der Waals surface area contributed by atoms with Gasteiger partial charge in [0.2, 0.25) is 0 Å². The zero-order valence-corrected chi connectivity index (χ0v) is 16.1. The molecule has 0 aromatic heterocycles. The maximum absolute atomic E-state index is 13.4. The number of anilines is 2. The summed E-state index contributed by atoms with van der Waals surface area (Å²) in [7, 11) is 3.27. The smallest absolute Gasteiger partial charge is 0.418 e. The first-order valence-corrected chi connectivity index (χ1v) is 8.49. The summed E-state index contributed by atoms with van der Waals surface area (Å²) in [6.45, 7) is 3.22. The van der Waals surface area contributed by atoms with Crippen molar-refractivity contribution in [2.24, 2.45) is 0 Å². The molecule has 0 saturated heterocycles. The van der Waals surface area contributed by atoms with Gasteiger partial charge in [0.15, 0.2) is 6.10 Å². The number of nitrogens with zero attached hydrogens (tertiary/aromatic N) is 1. The van der Waals surface area contributed by atoms with Crippen LogP contribution in [-0.2, 0) is 11.0 Å². The van der Waals surface area contributed by atoms with Crippen molar-refractivity contribution in [1.82, 2.24) is 0 Å². The number of nitrogens with one attached hydrogen (secondary N) is 1. The van der Waals surface area contributed by atoms with Gasteiger partial charge in [-0.1, -0.05) is 11.6 Å². The van der Waals surface area contributed by atoms with Gasteiger partial charge < -0.3 is 15.0 Å². The number of carbonyl (C=O) groups is 1. The predicted molar refractivity (Wildman–Crippen MR) is 101 cm³/mol. The standard InChI is InChI=1S/C19H20ClF3N2O2/c1-11-9-13(20)5-8-17(11)27-12(2)18(26)24-16-7-6-14(25(3)4)10-15(16)19(21,22)23/h5-10,12H,1-4H3,(H,24,26). The molecule has 0 spiro atoms. The molecule has 0 aliphatic heterocycles. The number of rotatable bonds is 5. The van der Waals surface area contributed by atoms with Gasteiger partial charge in [-0.2, -0.15) is 13.2 Å². The lowest BCUT2D eigenvalue weighted by Crippen LogP contribution is -2.31. The number of ether oxygens (including phenoxy) is 1. The quantitative estimate of drug-likeness (QED) is 0.755. The molecule has 0 saturated carbocycles. The molecule has 2 aromatic carbocycles. The number of alkyl halides is 3. The van der Waals surface area contributed by atoms with Crippen LogP contribution in [0.3, 0.4) is 0 Å². The average molecular weight is 401 g/mol. The van der Waals surface area contributed by atoms with Crippen molar-refractivity contribution in [2.45, 2.75) is 26.1 Å². The van der Waals surface area contributed by atoms with E-state index in [0.29, 0.717) is 22.0 Å². The van der Waals surface area contributed by atoms with Crippen LogP contribution in [0.5, 0.6) is 5.75 Å². The van der Waals surface area contributed by atoms with Crippen LogP contribution < -0.4 is 15.0 Å². The van der Waals surface area contributed by atoms with Crippen LogP contribution in [-0.4, -0.2) is 26.1 Å². The third-order valence-electron chi connectivity index (χ3n) is 3.89. The number of aryl methyl sites for hydroxylation is 1. The summed E-state index contributed by atoms with van der Waals surface area (Å²) in [6, 6.07) is 8.61. The van der Waals surface area contributed by atoms with Gasteiger partial charge in [-0.15, -0.1) is 0 Å². The van der Waals surface area contributed by atoms with E-state index >= 15 is 0 Å². The van der Waals surface area contributed by atoms with Gasteiger partial charge in [0.05, 0.1) is 11.3 Å². The predicted octanol–water partition coefficient (Wildman–Crippen LogP) is 5.14. The molecular weight excluding hydrogens is 381 g/mol. The molecule has 0 aliphatic carbocycles. The van der Waals surface area contributed by atoms with Gasteiger partial charge in [0, 0.05) is 24.8 Å². The monoisotopic (exact) mass is 400 g/mol. The Morgan fingerprint density at radius 3 is 2.41 bits per heavy atom. The summed E-state index contributed by atoms with van der Waals surface area (Å²) in [6.07, 6.45) is -5.61. The van der Waals surface area contributed by atoms with Crippen molar-refractivity contribution in [3.8, 4) is 5.75 Å². The second kappa shape index (κ2) is 8.08. The summed E-state index contributed by atoms with van der Waals surface area (Å²) >= 11 is 5.87. The van der Waals surface area contributed by atoms with Gasteiger partial charge in [0.1, 0.15) is 5.75 Å². The third-order valence-corrected chi connectivity index (χ3v) is 4.13. The highest BCUT2D eigenvalue weighted by Crippen LogP contribution is 2.37. The van der Waals surface area contributed by atoms with Crippen LogP contribution >= 0.6 is 11.6 Å². The first-order valence-electron chi connectivity index (χ1n) is 8.11. The normalized spacial score (nSPS) is 12.4. The maximum atomic E-state index is 13.4. The number of hydrogen-bond acceptors (Lipinski definition) is 3. The number of hydrogen-bond donors (Lipinski definition) is 1. The van der Waals surface area contributed by atoms with Crippen molar-refractivity contribution < 1.29 is 22.7 Å². The molecule has 0 fully saturated rings. The fourth-order valence-electron chi connectivity index (χ4n) is 2.38. The zero-order chi connectivity index (χ0) is 20.4. The molecular formula is C19H20ClF3N2O2. The van der Waals surface area contributed by atoms with Crippen molar-refractivity contribution in [2.75, 3.05) is 24.3 Å². The number of halogens is 4. The topological polar surface area (TPSA) is 41.6 Å². The number of benzene rings is 2. The van der Waals surface area contributed by atoms with Gasteiger partial charge in [-0.25, -0.2) is 0 Å². The Kier molecular flexibility index (Phi) is 6.26. The molecule has 0 bridgehead atoms. The molecule has 1 atom stereocenters. The lowest BCUT2D eigenvalue weighted by Gasteiger charge is -2.20. The Morgan fingerprint density at radius 1 is 1.19 bits per heavy atom. The van der Waals surface area contributed by atoms with E-state index < -0.39 is 23.8 Å². The van der Waals surface area contributed by atoms with Crippen LogP contribution in [0.1, 0.15) is 18.1 Å². The van der Waals surface area contributed by atoms with Crippen molar-refractivity contribution in [1.29, 1.82) is 0 Å². The van der Waals surface area contributed by atoms with E-state index in [0.717, 1.165) is 6.07 Å². The van der Waals surface area contributed by atoms with E-state index in [-0.39, 0.29) is 5.69 Å². The summed E-state index contributed by atoms with van der Waals surface area (Å²) in [4.78, 5) is 13.9. The fourth-order valence-corrected chi connectivity index (χ4v) is 2.60. The van der Waals surface area contributed by atoms with Gasteiger partial charge >= 0.3 is 6.18 Å². The van der Waals surface area contributed by atoms with E-state index in [1.165, 1.54) is 19.1 Å². The summed E-state index contributed by atoms with van der Waals surface area (Å²) in [5.41, 5.74) is -0.145. The minimum Gasteiger partial charge on any atom is -0.481 e. The zero-order valence-electron chi connectivity index (χ0n) is 15.3. The maximum Gasteiger partial charge on any atom is 0.418 e. The van der Waals surface area contributed by atoms with Crippen molar-refractivity contribution in [3.63, 3.8) is 0 Å². The molecule has 27 heavy (non-hydrogen) atoms. The lowest BCUT2D eigenvalue weighted by molar-refractivity contribution is -0.137. The Hall–Kier alpha value is -2.41. The minimum absolute atomic E-state index is 0.318. The fraction of sp³-hybridized carbons (Fsp3) is 0.316. The van der Waals surface area contributed by atoms with Gasteiger partial charge in [-0.3, -0.25) is 4.79 Å². The van der Waals surface area contributed by atoms with Crippen LogP contribution in [0.2, 0.25) is 5.02 Å². The number of amides is 1. The van der Waals surface area contributed by atoms with E-state index in [4.69, 9.17) is 16.3 Å². The molecule has 1 amide bonds. The van der Waals surface area contributed by atoms with Gasteiger partial charge in [-0.05, 0) is 55.8 Å². The molecule has 2 aromatic rings. The summed E-state index contributed by atoms with van der Waals surface area (Å²) in [5, 5.41) is 2.83. The number of carbonyl (C=O) groups excluding carboxylic acids is 1. The van der Waals surface area contributed by atoms with E-state index in [1.54, 1.807) is 44.1 Å². The summed E-state index contributed by atoms with van der Waals surface area (Å²) in [5.74, 6) is -0.256. The van der Waals surface area contributed by atoms with E-state index in [1.807, 2.05) is 0 Å². The second-order valence-electron chi connectivity index (χ2n) is 6.28. The molecule has 0 heterocycles. The lowest BCUT2D eigenvalue weighted by atomic mass is 10.1. The van der Waals surface area contributed by atoms with Crippen LogP contribution in [0.25, 0.3) is 0 Å². The average Bonchev–Trinajstić information content (AvgIpc) is 2.56. The Labute approximate surface area is 160 Å². The molecule has 146 valence electrons. The Balaban J connectivity index is 2.21. The minimum atomic E-state index is -4.61. The summed E-state index contributed by atoms with van der Waals surface area (Å²) < 4.78 is 45.7. The molecule has 8 heteroatoms.